The van der Waals surface area contributed by atoms with Crippen LogP contribution in [0, 0.1) is 34.5 Å². The van der Waals surface area contributed by atoms with Crippen molar-refractivity contribution < 1.29 is 9.59 Å². The van der Waals surface area contributed by atoms with Crippen LogP contribution >= 0.6 is 0 Å². The van der Waals surface area contributed by atoms with Crippen LogP contribution in [-0.2, 0) is 9.59 Å². The summed E-state index contributed by atoms with van der Waals surface area (Å²) in [5, 5.41) is 0. The molecular formula is C23H38O2Si. The normalized spacial score (nSPS) is 42.5. The number of Topliss-reactive ketones (excluding diaryl/α,β-unsaturated/α-hetero) is 2. The first-order valence-electron chi connectivity index (χ1n) is 11.5. The second kappa shape index (κ2) is 6.86. The highest BCUT2D eigenvalue weighted by atomic mass is 28.3. The van der Waals surface area contributed by atoms with Gasteiger partial charge in [0, 0.05) is 26.6 Å². The Morgan fingerprint density at radius 3 is 2.54 bits per heavy atom. The van der Waals surface area contributed by atoms with Gasteiger partial charge >= 0.3 is 0 Å². The highest BCUT2D eigenvalue weighted by molar-refractivity contribution is 6.63. The van der Waals surface area contributed by atoms with E-state index in [4.69, 9.17) is 0 Å². The van der Waals surface area contributed by atoms with Gasteiger partial charge in [0.15, 0.2) is 0 Å². The fraction of sp³-hybridized carbons (Fsp3) is 0.913. The van der Waals surface area contributed by atoms with Crippen molar-refractivity contribution in [3.63, 3.8) is 0 Å². The maximum Gasteiger partial charge on any atom is 0.140 e. The molecule has 0 radical (unpaired) electrons. The minimum Gasteiger partial charge on any atom is -0.300 e. The maximum atomic E-state index is 13.0. The molecular weight excluding hydrogens is 336 g/mol. The van der Waals surface area contributed by atoms with Crippen molar-refractivity contribution in [3.05, 3.63) is 0 Å². The van der Waals surface area contributed by atoms with E-state index in [1.165, 1.54) is 44.2 Å². The van der Waals surface area contributed by atoms with Crippen LogP contribution in [0.15, 0.2) is 0 Å². The summed E-state index contributed by atoms with van der Waals surface area (Å²) in [6, 6.07) is 3.67. The van der Waals surface area contributed by atoms with Gasteiger partial charge in [0.25, 0.3) is 0 Å². The second-order valence-electron chi connectivity index (χ2n) is 10.7. The lowest BCUT2D eigenvalue weighted by molar-refractivity contribution is -0.134. The molecule has 4 aliphatic rings. The summed E-state index contributed by atoms with van der Waals surface area (Å²) in [5.41, 5.74) is 0.153. The summed E-state index contributed by atoms with van der Waals surface area (Å²) in [5.74, 6) is 3.59. The lowest BCUT2D eigenvalue weighted by atomic mass is 9.60. The van der Waals surface area contributed by atoms with Crippen molar-refractivity contribution >= 4 is 20.4 Å². The van der Waals surface area contributed by atoms with E-state index < -0.39 is 8.80 Å². The van der Waals surface area contributed by atoms with Crippen LogP contribution in [0.2, 0.25) is 18.1 Å². The number of carbonyl (C=O) groups excluding carboxylic acids is 2. The molecule has 0 amide bonds. The van der Waals surface area contributed by atoms with Crippen molar-refractivity contribution in [2.75, 3.05) is 0 Å². The minimum absolute atomic E-state index is 0.0427. The van der Waals surface area contributed by atoms with Crippen molar-refractivity contribution in [1.29, 1.82) is 0 Å². The highest BCUT2D eigenvalue weighted by Gasteiger charge is 2.68. The molecule has 146 valence electrons. The first-order valence-corrected chi connectivity index (χ1v) is 13.9. The Bertz CT molecular complexity index is 577. The lowest BCUT2D eigenvalue weighted by Gasteiger charge is -2.43. The molecule has 3 saturated carbocycles. The molecule has 0 N–H and O–H groups in total. The van der Waals surface area contributed by atoms with Gasteiger partial charge in [-0.05, 0) is 54.9 Å². The zero-order valence-electron chi connectivity index (χ0n) is 17.2. The monoisotopic (exact) mass is 374 g/mol. The van der Waals surface area contributed by atoms with E-state index in [-0.39, 0.29) is 10.8 Å². The highest BCUT2D eigenvalue weighted by Crippen LogP contribution is 2.70. The van der Waals surface area contributed by atoms with E-state index in [9.17, 15) is 9.59 Å². The predicted molar refractivity (Wildman–Crippen MR) is 109 cm³/mol. The molecule has 5 atom stereocenters. The van der Waals surface area contributed by atoms with Crippen LogP contribution in [0.1, 0.15) is 78.6 Å². The van der Waals surface area contributed by atoms with Crippen molar-refractivity contribution in [2.24, 2.45) is 34.5 Å². The maximum absolute atomic E-state index is 13.0. The Labute approximate surface area is 161 Å². The summed E-state index contributed by atoms with van der Waals surface area (Å²) in [6.07, 6.45) is 10.7. The van der Waals surface area contributed by atoms with Crippen LogP contribution in [0.5, 0.6) is 0 Å². The van der Waals surface area contributed by atoms with Crippen molar-refractivity contribution in [2.45, 2.75) is 96.7 Å². The zero-order chi connectivity index (χ0) is 18.5. The third-order valence-corrected chi connectivity index (χ3v) is 12.9. The summed E-state index contributed by atoms with van der Waals surface area (Å²) in [6.45, 7) is 7.02. The molecule has 2 nitrogen and oxygen atoms in total. The molecule has 2 bridgehead atoms. The summed E-state index contributed by atoms with van der Waals surface area (Å²) < 4.78 is 0. The van der Waals surface area contributed by atoms with Crippen LogP contribution in [0.3, 0.4) is 0 Å². The van der Waals surface area contributed by atoms with Gasteiger partial charge in [-0.1, -0.05) is 58.5 Å². The third-order valence-electron chi connectivity index (χ3n) is 9.53. The Morgan fingerprint density at radius 2 is 1.88 bits per heavy atom. The van der Waals surface area contributed by atoms with Gasteiger partial charge in [-0.15, -0.1) is 0 Å². The molecule has 0 spiro atoms. The first-order chi connectivity index (χ1) is 12.4. The summed E-state index contributed by atoms with van der Waals surface area (Å²) in [4.78, 5) is 25.8. The number of carbonyl (C=O) groups is 2. The first kappa shape index (κ1) is 18.9. The molecule has 1 aliphatic heterocycles. The molecule has 4 fully saturated rings. The molecule has 0 aromatic rings. The van der Waals surface area contributed by atoms with E-state index in [0.29, 0.717) is 29.3 Å². The summed E-state index contributed by atoms with van der Waals surface area (Å²) in [7, 11) is -0.913. The smallest absolute Gasteiger partial charge is 0.140 e. The Balaban J connectivity index is 1.41. The van der Waals surface area contributed by atoms with E-state index in [1.54, 1.807) is 0 Å². The van der Waals surface area contributed by atoms with Gasteiger partial charge in [0.05, 0.1) is 0 Å². The molecule has 3 heteroatoms. The second-order valence-corrected chi connectivity index (χ2v) is 13.8. The molecule has 4 rings (SSSR count). The van der Waals surface area contributed by atoms with Crippen LogP contribution in [0.4, 0.5) is 0 Å². The zero-order valence-corrected chi connectivity index (χ0v) is 18.3. The van der Waals surface area contributed by atoms with E-state index in [0.717, 1.165) is 37.6 Å². The molecule has 3 unspecified atom stereocenters. The molecule has 26 heavy (non-hydrogen) atoms. The Kier molecular flexibility index (Phi) is 4.99. The fourth-order valence-corrected chi connectivity index (χ4v) is 11.8. The molecule has 1 heterocycles. The van der Waals surface area contributed by atoms with Gasteiger partial charge in [-0.3, -0.25) is 9.59 Å². The number of hydrogen-bond donors (Lipinski definition) is 0. The Hall–Kier alpha value is -0.443. The fourth-order valence-electron chi connectivity index (χ4n) is 8.00. The van der Waals surface area contributed by atoms with Crippen molar-refractivity contribution in [3.8, 4) is 0 Å². The van der Waals surface area contributed by atoms with E-state index in [2.05, 4.69) is 20.8 Å². The lowest BCUT2D eigenvalue weighted by Crippen LogP contribution is -2.43. The van der Waals surface area contributed by atoms with Gasteiger partial charge in [-0.25, -0.2) is 0 Å². The quantitative estimate of drug-likeness (QED) is 0.603. The average Bonchev–Trinajstić information content (AvgIpc) is 3.23. The standard InChI is InChI=1S/C23H38O2Si/c1-4-23-19(12-18(13-21(23)25)22(23,2)3)17-10-11-26(14-17)15-20(24)16-8-6-5-7-9-16/h16-19,26H,4-15H2,1-3H3/t17?,18-,19?,23-,26?/m1/s1. The third kappa shape index (κ3) is 2.71. The number of fused-ring (bicyclic) bond motifs is 2. The molecule has 3 aliphatic carbocycles. The largest absolute Gasteiger partial charge is 0.300 e. The molecule has 0 aromatic carbocycles. The average molecular weight is 375 g/mol. The van der Waals surface area contributed by atoms with Crippen LogP contribution < -0.4 is 0 Å². The van der Waals surface area contributed by atoms with Crippen molar-refractivity contribution in [1.82, 2.24) is 0 Å². The van der Waals surface area contributed by atoms with Gasteiger partial charge in [-0.2, -0.15) is 0 Å². The van der Waals surface area contributed by atoms with Crippen LogP contribution in [0.25, 0.3) is 0 Å². The van der Waals surface area contributed by atoms with E-state index >= 15 is 0 Å². The van der Waals surface area contributed by atoms with Gasteiger partial charge < -0.3 is 0 Å². The number of hydrogen-bond acceptors (Lipinski definition) is 2. The van der Waals surface area contributed by atoms with Gasteiger partial charge in [0.2, 0.25) is 0 Å². The summed E-state index contributed by atoms with van der Waals surface area (Å²) >= 11 is 0. The number of rotatable bonds is 5. The SMILES string of the molecule is CC[C@]12C(=O)C[C@@H](CC1C1CC[SiH](CC(=O)C3CCCCC3)C1)C2(C)C. The van der Waals surface area contributed by atoms with E-state index in [1.807, 2.05) is 0 Å². The predicted octanol–water partition coefficient (Wildman–Crippen LogP) is 5.41. The van der Waals surface area contributed by atoms with Crippen LogP contribution in [-0.4, -0.2) is 20.4 Å². The minimum atomic E-state index is -0.913. The topological polar surface area (TPSA) is 34.1 Å². The number of ketones is 2. The molecule has 0 aromatic heterocycles. The Morgan fingerprint density at radius 1 is 1.15 bits per heavy atom. The van der Waals surface area contributed by atoms with Gasteiger partial charge in [0.1, 0.15) is 11.6 Å². The molecule has 1 saturated heterocycles.